The molecule has 3 heterocycles. The summed E-state index contributed by atoms with van der Waals surface area (Å²) in [6, 6.07) is 13.8. The van der Waals surface area contributed by atoms with Gasteiger partial charge in [-0.3, -0.25) is 9.69 Å². The van der Waals surface area contributed by atoms with Gasteiger partial charge >= 0.3 is 0 Å². The van der Waals surface area contributed by atoms with Crippen LogP contribution in [0.3, 0.4) is 0 Å². The molecule has 0 bridgehead atoms. The van der Waals surface area contributed by atoms with Gasteiger partial charge < -0.3 is 9.47 Å². The Morgan fingerprint density at radius 2 is 1.77 bits per heavy atom. The fourth-order valence-corrected chi connectivity index (χ4v) is 4.02. The number of rotatable bonds is 5. The number of hydrogen-bond acceptors (Lipinski definition) is 6. The van der Waals surface area contributed by atoms with E-state index < -0.39 is 0 Å². The first-order valence-electron chi connectivity index (χ1n) is 10.1. The van der Waals surface area contributed by atoms with Gasteiger partial charge in [0.05, 0.1) is 32.8 Å². The van der Waals surface area contributed by atoms with Crippen molar-refractivity contribution in [3.05, 3.63) is 76.3 Å². The zero-order valence-corrected chi connectivity index (χ0v) is 17.5. The molecule has 5 rings (SSSR count). The molecule has 0 saturated heterocycles. The minimum Gasteiger partial charge on any atom is -0.493 e. The van der Waals surface area contributed by atoms with Gasteiger partial charge in [-0.25, -0.2) is 9.36 Å². The fourth-order valence-electron chi connectivity index (χ4n) is 4.02. The second kappa shape index (κ2) is 7.88. The highest BCUT2D eigenvalue weighted by Gasteiger charge is 2.21. The van der Waals surface area contributed by atoms with Crippen molar-refractivity contribution in [3.63, 3.8) is 0 Å². The molecule has 4 aromatic rings. The van der Waals surface area contributed by atoms with Crippen LogP contribution in [-0.2, 0) is 19.6 Å². The normalized spacial score (nSPS) is 13.9. The average Bonchev–Trinajstić information content (AvgIpc) is 3.26. The smallest absolute Gasteiger partial charge is 0.296 e. The van der Waals surface area contributed by atoms with Gasteiger partial charge in [0.2, 0.25) is 0 Å². The van der Waals surface area contributed by atoms with Gasteiger partial charge in [0.15, 0.2) is 17.0 Å². The van der Waals surface area contributed by atoms with Crippen LogP contribution in [0.1, 0.15) is 11.1 Å². The number of ether oxygens (including phenoxy) is 2. The number of aromatic nitrogens is 4. The van der Waals surface area contributed by atoms with Crippen molar-refractivity contribution in [1.82, 2.24) is 24.5 Å². The summed E-state index contributed by atoms with van der Waals surface area (Å²) in [7, 11) is 3.28. The molecule has 0 atom stereocenters. The highest BCUT2D eigenvalue weighted by atomic mass is 16.5. The summed E-state index contributed by atoms with van der Waals surface area (Å²) in [5.41, 5.74) is 3.55. The van der Waals surface area contributed by atoms with E-state index in [2.05, 4.69) is 15.1 Å². The summed E-state index contributed by atoms with van der Waals surface area (Å²) in [6.45, 7) is 1.94. The third-order valence-corrected chi connectivity index (χ3v) is 5.67. The third-order valence-electron chi connectivity index (χ3n) is 5.67. The lowest BCUT2D eigenvalue weighted by molar-refractivity contribution is 0.185. The van der Waals surface area contributed by atoms with Crippen molar-refractivity contribution in [2.24, 2.45) is 0 Å². The Bertz CT molecular complexity index is 1300. The predicted molar refractivity (Wildman–Crippen MR) is 117 cm³/mol. The molecule has 8 nitrogen and oxygen atoms in total. The maximum atomic E-state index is 13.0. The van der Waals surface area contributed by atoms with Crippen LogP contribution in [0.25, 0.3) is 16.6 Å². The number of methoxy groups -OCH3 is 2. The molecule has 2 aromatic heterocycles. The lowest BCUT2D eigenvalue weighted by atomic mass is 9.99. The summed E-state index contributed by atoms with van der Waals surface area (Å²) >= 11 is 0. The molecule has 0 N–H and O–H groups in total. The molecule has 0 spiro atoms. The molecule has 1 aliphatic heterocycles. The lowest BCUT2D eigenvalue weighted by Gasteiger charge is -2.29. The molecule has 8 heteroatoms. The second-order valence-electron chi connectivity index (χ2n) is 7.58. The molecular formula is C23H23N5O3. The van der Waals surface area contributed by atoms with Crippen LogP contribution in [0.5, 0.6) is 11.5 Å². The van der Waals surface area contributed by atoms with E-state index in [0.29, 0.717) is 24.5 Å². The van der Waals surface area contributed by atoms with Gasteiger partial charge in [0.25, 0.3) is 5.56 Å². The van der Waals surface area contributed by atoms with Crippen molar-refractivity contribution in [2.75, 3.05) is 20.8 Å². The summed E-state index contributed by atoms with van der Waals surface area (Å²) in [5, 5.41) is 9.63. The topological polar surface area (TPSA) is 74.4 Å². The average molecular weight is 417 g/mol. The van der Waals surface area contributed by atoms with Gasteiger partial charge in [0, 0.05) is 24.7 Å². The molecule has 158 valence electrons. The zero-order chi connectivity index (χ0) is 21.4. The van der Waals surface area contributed by atoms with E-state index in [0.717, 1.165) is 29.8 Å². The van der Waals surface area contributed by atoms with Gasteiger partial charge in [0.1, 0.15) is 0 Å². The number of nitrogens with zero attached hydrogens (tertiary/aromatic N) is 5. The number of benzene rings is 2. The lowest BCUT2D eigenvalue weighted by Crippen LogP contribution is -2.37. The molecule has 0 amide bonds. The van der Waals surface area contributed by atoms with Gasteiger partial charge in [-0.15, -0.1) is 0 Å². The Hall–Kier alpha value is -3.65. The van der Waals surface area contributed by atoms with Crippen LogP contribution in [0.15, 0.2) is 59.7 Å². The first kappa shape index (κ1) is 19.3. The largest absolute Gasteiger partial charge is 0.493 e. The summed E-state index contributed by atoms with van der Waals surface area (Å²) < 4.78 is 14.1. The maximum absolute atomic E-state index is 13.0. The zero-order valence-electron chi connectivity index (χ0n) is 17.5. The van der Waals surface area contributed by atoms with E-state index in [-0.39, 0.29) is 5.56 Å². The Balaban J connectivity index is 1.41. The van der Waals surface area contributed by atoms with Gasteiger partial charge in [-0.2, -0.15) is 10.2 Å². The molecule has 0 unspecified atom stereocenters. The van der Waals surface area contributed by atoms with Crippen molar-refractivity contribution < 1.29 is 9.47 Å². The Morgan fingerprint density at radius 3 is 2.52 bits per heavy atom. The molecular weight excluding hydrogens is 394 g/mol. The Labute approximate surface area is 179 Å². The summed E-state index contributed by atoms with van der Waals surface area (Å²) in [6.07, 6.45) is 4.41. The van der Waals surface area contributed by atoms with Crippen LogP contribution in [0, 0.1) is 0 Å². The van der Waals surface area contributed by atoms with E-state index in [1.807, 2.05) is 48.7 Å². The van der Waals surface area contributed by atoms with Gasteiger partial charge in [-0.1, -0.05) is 18.2 Å². The fraction of sp³-hybridized carbons (Fsp3) is 0.261. The molecule has 0 fully saturated rings. The van der Waals surface area contributed by atoms with Crippen LogP contribution in [0.2, 0.25) is 0 Å². The van der Waals surface area contributed by atoms with Crippen molar-refractivity contribution in [1.29, 1.82) is 0 Å². The molecule has 0 aliphatic carbocycles. The SMILES string of the molecule is COc1cc2c(cc1OC)CN(Cn1ncc3cn(-c4ccccc4)nc3c1=O)CC2. The minimum absolute atomic E-state index is 0.190. The molecule has 0 saturated carbocycles. The summed E-state index contributed by atoms with van der Waals surface area (Å²) in [5.74, 6) is 1.46. The number of para-hydroxylation sites is 1. The van der Waals surface area contributed by atoms with Crippen molar-refractivity contribution in [2.45, 2.75) is 19.6 Å². The van der Waals surface area contributed by atoms with Crippen LogP contribution in [0.4, 0.5) is 0 Å². The molecule has 31 heavy (non-hydrogen) atoms. The maximum Gasteiger partial charge on any atom is 0.296 e. The third kappa shape index (κ3) is 3.55. The Kier molecular flexibility index (Phi) is 4.91. The highest BCUT2D eigenvalue weighted by Crippen LogP contribution is 2.33. The van der Waals surface area contributed by atoms with Crippen LogP contribution in [-0.4, -0.2) is 45.2 Å². The monoisotopic (exact) mass is 417 g/mol. The first-order chi connectivity index (χ1) is 15.2. The molecule has 1 aliphatic rings. The van der Waals surface area contributed by atoms with E-state index in [1.54, 1.807) is 25.1 Å². The van der Waals surface area contributed by atoms with E-state index in [4.69, 9.17) is 9.47 Å². The van der Waals surface area contributed by atoms with E-state index in [9.17, 15) is 4.79 Å². The van der Waals surface area contributed by atoms with E-state index >= 15 is 0 Å². The first-order valence-corrected chi connectivity index (χ1v) is 10.1. The number of hydrogen-bond donors (Lipinski definition) is 0. The van der Waals surface area contributed by atoms with Crippen molar-refractivity contribution in [3.8, 4) is 17.2 Å². The minimum atomic E-state index is -0.190. The predicted octanol–water partition coefficient (Wildman–Crippen LogP) is 2.62. The number of fused-ring (bicyclic) bond motifs is 2. The van der Waals surface area contributed by atoms with E-state index in [1.165, 1.54) is 15.8 Å². The molecule has 2 aromatic carbocycles. The highest BCUT2D eigenvalue weighted by molar-refractivity contribution is 5.76. The van der Waals surface area contributed by atoms with Crippen molar-refractivity contribution >= 4 is 10.9 Å². The quantitative estimate of drug-likeness (QED) is 0.497. The van der Waals surface area contributed by atoms with Crippen LogP contribution < -0.4 is 15.0 Å². The second-order valence-corrected chi connectivity index (χ2v) is 7.58. The standard InChI is InChI=1S/C23H23N5O3/c1-30-20-10-16-8-9-26(13-17(16)11-21(20)31-2)15-28-23(29)22-18(12-24-28)14-27(25-22)19-6-4-3-5-7-19/h3-7,10-12,14H,8-9,13,15H2,1-2H3. The Morgan fingerprint density at radius 1 is 1.03 bits per heavy atom. The van der Waals surface area contributed by atoms with Gasteiger partial charge in [-0.05, 0) is 41.8 Å². The molecule has 0 radical (unpaired) electrons. The summed E-state index contributed by atoms with van der Waals surface area (Å²) in [4.78, 5) is 15.2. The van der Waals surface area contributed by atoms with Crippen LogP contribution >= 0.6 is 0 Å².